The third-order valence-corrected chi connectivity index (χ3v) is 3.26. The van der Waals surface area contributed by atoms with Crippen LogP contribution in [0.25, 0.3) is 11.1 Å². The van der Waals surface area contributed by atoms with Gasteiger partial charge in [-0.1, -0.05) is 24.3 Å². The summed E-state index contributed by atoms with van der Waals surface area (Å²) in [6.45, 7) is 0. The van der Waals surface area contributed by atoms with Crippen molar-refractivity contribution in [1.82, 2.24) is 0 Å². The summed E-state index contributed by atoms with van der Waals surface area (Å²) in [7, 11) is -4.13. The lowest BCUT2D eigenvalue weighted by Gasteiger charge is -2.03. The van der Waals surface area contributed by atoms with Gasteiger partial charge in [-0.15, -0.1) is 0 Å². The van der Waals surface area contributed by atoms with Crippen LogP contribution >= 0.6 is 0 Å². The van der Waals surface area contributed by atoms with E-state index in [1.54, 1.807) is 24.3 Å². The largest absolute Gasteiger partial charge is 0.399 e. The second kappa shape index (κ2) is 4.20. The molecule has 0 unspecified atom stereocenters. The molecule has 0 aromatic heterocycles. The minimum Gasteiger partial charge on any atom is -0.399 e. The van der Waals surface area contributed by atoms with E-state index in [-0.39, 0.29) is 4.90 Å². The first kappa shape index (κ1) is 11.6. The van der Waals surface area contributed by atoms with Crippen LogP contribution in [-0.4, -0.2) is 13.0 Å². The van der Waals surface area contributed by atoms with Gasteiger partial charge in [0.15, 0.2) is 0 Å². The molecular formula is C12H11NO3S. The van der Waals surface area contributed by atoms with Gasteiger partial charge >= 0.3 is 0 Å². The summed E-state index contributed by atoms with van der Waals surface area (Å²) in [4.78, 5) is -0.114. The fraction of sp³-hybridized carbons (Fsp3) is 0. The molecule has 17 heavy (non-hydrogen) atoms. The Morgan fingerprint density at radius 3 is 1.65 bits per heavy atom. The van der Waals surface area contributed by atoms with Crippen molar-refractivity contribution in [2.24, 2.45) is 0 Å². The Morgan fingerprint density at radius 2 is 1.24 bits per heavy atom. The Balaban J connectivity index is 2.39. The molecule has 0 aliphatic rings. The summed E-state index contributed by atoms with van der Waals surface area (Å²) >= 11 is 0. The zero-order valence-corrected chi connectivity index (χ0v) is 9.68. The van der Waals surface area contributed by atoms with E-state index in [1.807, 2.05) is 12.1 Å². The summed E-state index contributed by atoms with van der Waals surface area (Å²) in [5.41, 5.74) is 8.03. The Kier molecular flexibility index (Phi) is 2.87. The van der Waals surface area contributed by atoms with Gasteiger partial charge in [-0.2, -0.15) is 8.42 Å². The molecule has 0 atom stereocenters. The molecule has 3 N–H and O–H groups in total. The van der Waals surface area contributed by atoms with Crippen LogP contribution in [0.2, 0.25) is 0 Å². The maximum absolute atomic E-state index is 10.9. The molecule has 0 spiro atoms. The van der Waals surface area contributed by atoms with E-state index in [9.17, 15) is 8.42 Å². The lowest BCUT2D eigenvalue weighted by Crippen LogP contribution is -1.97. The molecule has 0 amide bonds. The maximum Gasteiger partial charge on any atom is 0.294 e. The van der Waals surface area contributed by atoms with Crippen molar-refractivity contribution in [3.8, 4) is 11.1 Å². The van der Waals surface area contributed by atoms with Crippen LogP contribution in [0.3, 0.4) is 0 Å². The van der Waals surface area contributed by atoms with E-state index in [2.05, 4.69) is 0 Å². The molecule has 4 nitrogen and oxygen atoms in total. The normalized spacial score (nSPS) is 11.4. The van der Waals surface area contributed by atoms with E-state index in [4.69, 9.17) is 10.3 Å². The fourth-order valence-electron chi connectivity index (χ4n) is 1.49. The number of nitrogen functional groups attached to an aromatic ring is 1. The van der Waals surface area contributed by atoms with Crippen LogP contribution in [0.5, 0.6) is 0 Å². The summed E-state index contributed by atoms with van der Waals surface area (Å²) in [5, 5.41) is 0. The van der Waals surface area contributed by atoms with Crippen LogP contribution in [0.15, 0.2) is 53.4 Å². The Morgan fingerprint density at radius 1 is 0.824 bits per heavy atom. The first-order valence-corrected chi connectivity index (χ1v) is 6.34. The topological polar surface area (TPSA) is 80.4 Å². The van der Waals surface area contributed by atoms with E-state index >= 15 is 0 Å². The number of anilines is 1. The lowest BCUT2D eigenvalue weighted by molar-refractivity contribution is 0.483. The summed E-state index contributed by atoms with van der Waals surface area (Å²) in [6.07, 6.45) is 0. The Labute approximate surface area is 99.5 Å². The molecular weight excluding hydrogens is 238 g/mol. The van der Waals surface area contributed by atoms with Crippen molar-refractivity contribution in [2.45, 2.75) is 4.90 Å². The Hall–Kier alpha value is -1.85. The standard InChI is InChI=1S/C12H11NO3S/c13-11-5-1-9(2-6-11)10-3-7-12(8-4-10)17(14,15)16/h1-8H,13H2,(H,14,15,16). The monoisotopic (exact) mass is 249 g/mol. The summed E-state index contributed by atoms with van der Waals surface area (Å²) in [5.74, 6) is 0. The number of nitrogens with two attached hydrogens (primary N) is 1. The van der Waals surface area contributed by atoms with Crippen molar-refractivity contribution in [1.29, 1.82) is 0 Å². The molecule has 0 saturated heterocycles. The van der Waals surface area contributed by atoms with Crippen molar-refractivity contribution in [2.75, 3.05) is 5.73 Å². The average molecular weight is 249 g/mol. The molecule has 0 aliphatic carbocycles. The van der Waals surface area contributed by atoms with Crippen molar-refractivity contribution in [3.63, 3.8) is 0 Å². The third-order valence-electron chi connectivity index (χ3n) is 2.40. The number of hydrogen-bond acceptors (Lipinski definition) is 3. The van der Waals surface area contributed by atoms with Gasteiger partial charge in [-0.05, 0) is 35.4 Å². The molecule has 0 aliphatic heterocycles. The molecule has 2 rings (SSSR count). The van der Waals surface area contributed by atoms with Crippen molar-refractivity contribution in [3.05, 3.63) is 48.5 Å². The van der Waals surface area contributed by atoms with Gasteiger partial charge in [-0.25, -0.2) is 0 Å². The van der Waals surface area contributed by atoms with Crippen LogP contribution in [0.4, 0.5) is 5.69 Å². The second-order valence-electron chi connectivity index (χ2n) is 3.62. The first-order valence-electron chi connectivity index (χ1n) is 4.90. The molecule has 2 aromatic rings. The summed E-state index contributed by atoms with van der Waals surface area (Å²) in [6, 6.07) is 13.2. The molecule has 0 fully saturated rings. The van der Waals surface area contributed by atoms with Gasteiger partial charge in [0.25, 0.3) is 10.1 Å². The van der Waals surface area contributed by atoms with Crippen LogP contribution < -0.4 is 5.73 Å². The molecule has 0 saturated carbocycles. The maximum atomic E-state index is 10.9. The SMILES string of the molecule is Nc1ccc(-c2ccc(S(=O)(=O)O)cc2)cc1. The summed E-state index contributed by atoms with van der Waals surface area (Å²) < 4.78 is 30.6. The zero-order valence-electron chi connectivity index (χ0n) is 8.87. The molecule has 0 heterocycles. The minimum absolute atomic E-state index is 0.114. The predicted molar refractivity (Wildman–Crippen MR) is 66.1 cm³/mol. The van der Waals surface area contributed by atoms with Crippen LogP contribution in [0.1, 0.15) is 0 Å². The van der Waals surface area contributed by atoms with Gasteiger partial charge in [0.1, 0.15) is 0 Å². The van der Waals surface area contributed by atoms with Crippen molar-refractivity contribution < 1.29 is 13.0 Å². The van der Waals surface area contributed by atoms with Gasteiger partial charge in [-0.3, -0.25) is 4.55 Å². The molecule has 88 valence electrons. The highest BCUT2D eigenvalue weighted by atomic mass is 32.2. The first-order chi connectivity index (χ1) is 7.97. The average Bonchev–Trinajstić information content (AvgIpc) is 2.29. The van der Waals surface area contributed by atoms with Crippen LogP contribution in [0, 0.1) is 0 Å². The minimum atomic E-state index is -4.13. The van der Waals surface area contributed by atoms with Gasteiger partial charge in [0.05, 0.1) is 4.90 Å². The van der Waals surface area contributed by atoms with Crippen molar-refractivity contribution >= 4 is 15.8 Å². The molecule has 5 heteroatoms. The van der Waals surface area contributed by atoms with Gasteiger partial charge in [0.2, 0.25) is 0 Å². The molecule has 0 radical (unpaired) electrons. The fourth-order valence-corrected chi connectivity index (χ4v) is 1.97. The van der Waals surface area contributed by atoms with Gasteiger partial charge < -0.3 is 5.73 Å². The third kappa shape index (κ3) is 2.64. The second-order valence-corrected chi connectivity index (χ2v) is 5.04. The van der Waals surface area contributed by atoms with Crippen LogP contribution in [-0.2, 0) is 10.1 Å². The van der Waals surface area contributed by atoms with E-state index in [0.717, 1.165) is 11.1 Å². The number of rotatable bonds is 2. The highest BCUT2D eigenvalue weighted by molar-refractivity contribution is 7.85. The smallest absolute Gasteiger partial charge is 0.294 e. The molecule has 2 aromatic carbocycles. The van der Waals surface area contributed by atoms with E-state index in [0.29, 0.717) is 5.69 Å². The van der Waals surface area contributed by atoms with E-state index < -0.39 is 10.1 Å². The van der Waals surface area contributed by atoms with E-state index in [1.165, 1.54) is 12.1 Å². The lowest BCUT2D eigenvalue weighted by atomic mass is 10.1. The number of benzene rings is 2. The number of hydrogen-bond donors (Lipinski definition) is 2. The highest BCUT2D eigenvalue weighted by Crippen LogP contribution is 2.22. The predicted octanol–water partition coefficient (Wildman–Crippen LogP) is 2.18. The molecule has 0 bridgehead atoms. The van der Waals surface area contributed by atoms with Gasteiger partial charge in [0, 0.05) is 5.69 Å². The Bertz CT molecular complexity index is 616. The quantitative estimate of drug-likeness (QED) is 0.631. The zero-order chi connectivity index (χ0) is 12.5. The highest BCUT2D eigenvalue weighted by Gasteiger charge is 2.08.